The van der Waals surface area contributed by atoms with Crippen molar-refractivity contribution in [1.29, 1.82) is 5.26 Å². The molecule has 100 valence electrons. The van der Waals surface area contributed by atoms with E-state index in [4.69, 9.17) is 10.4 Å². The molecule has 0 saturated carbocycles. The summed E-state index contributed by atoms with van der Waals surface area (Å²) in [6.07, 6.45) is 0.321. The number of aliphatic carboxylic acids is 1. The van der Waals surface area contributed by atoms with Gasteiger partial charge in [0.2, 0.25) is 0 Å². The summed E-state index contributed by atoms with van der Waals surface area (Å²) in [7, 11) is 0. The second-order valence-corrected chi connectivity index (χ2v) is 4.94. The lowest BCUT2D eigenvalue weighted by Gasteiger charge is -2.22. The molecule has 0 spiro atoms. The van der Waals surface area contributed by atoms with E-state index in [9.17, 15) is 13.6 Å². The number of hydrogen-bond donors (Lipinski definition) is 1. The van der Waals surface area contributed by atoms with Crippen LogP contribution in [0.3, 0.4) is 0 Å². The molecule has 2 rings (SSSR count). The van der Waals surface area contributed by atoms with E-state index in [2.05, 4.69) is 0 Å². The minimum Gasteiger partial charge on any atom is -0.481 e. The molecular weight excluding hydrogens is 254 g/mol. The highest BCUT2D eigenvalue weighted by atomic mass is 19.1. The van der Waals surface area contributed by atoms with E-state index in [1.165, 1.54) is 4.90 Å². The molecule has 0 amide bonds. The predicted molar refractivity (Wildman–Crippen MR) is 63.6 cm³/mol. The smallest absolute Gasteiger partial charge is 0.311 e. The first-order valence-corrected chi connectivity index (χ1v) is 5.75. The van der Waals surface area contributed by atoms with Gasteiger partial charge in [0.25, 0.3) is 0 Å². The van der Waals surface area contributed by atoms with Crippen LogP contribution in [-0.4, -0.2) is 24.2 Å². The number of carboxylic acids is 1. The quantitative estimate of drug-likeness (QED) is 0.890. The third-order valence-electron chi connectivity index (χ3n) is 3.45. The van der Waals surface area contributed by atoms with Crippen LogP contribution in [0.4, 0.5) is 14.5 Å². The Hall–Kier alpha value is -2.16. The van der Waals surface area contributed by atoms with Gasteiger partial charge in [-0.25, -0.2) is 8.78 Å². The second-order valence-electron chi connectivity index (χ2n) is 4.94. The van der Waals surface area contributed by atoms with Crippen molar-refractivity contribution >= 4 is 11.7 Å². The zero-order valence-electron chi connectivity index (χ0n) is 10.3. The molecule has 0 bridgehead atoms. The third-order valence-corrected chi connectivity index (χ3v) is 3.45. The summed E-state index contributed by atoms with van der Waals surface area (Å²) in [5.41, 5.74) is -1.37. The van der Waals surface area contributed by atoms with Gasteiger partial charge in [-0.15, -0.1) is 0 Å². The Bertz CT molecular complexity index is 559. The van der Waals surface area contributed by atoms with Gasteiger partial charge in [-0.05, 0) is 25.5 Å². The fourth-order valence-corrected chi connectivity index (χ4v) is 2.26. The minimum atomic E-state index is -1.01. The van der Waals surface area contributed by atoms with Crippen LogP contribution in [0.1, 0.15) is 18.9 Å². The first-order chi connectivity index (χ1) is 8.87. The molecular formula is C13H12F2N2O2. The van der Waals surface area contributed by atoms with Gasteiger partial charge >= 0.3 is 5.97 Å². The van der Waals surface area contributed by atoms with E-state index in [1.807, 2.05) is 0 Å². The Kier molecular flexibility index (Phi) is 3.14. The third kappa shape index (κ3) is 2.24. The largest absolute Gasteiger partial charge is 0.481 e. The maximum atomic E-state index is 13.8. The molecule has 1 N–H and O–H groups in total. The van der Waals surface area contributed by atoms with E-state index in [-0.39, 0.29) is 24.3 Å². The summed E-state index contributed by atoms with van der Waals surface area (Å²) in [6.45, 7) is 1.86. The zero-order chi connectivity index (χ0) is 14.2. The lowest BCUT2D eigenvalue weighted by atomic mass is 9.90. The number of carbonyl (C=O) groups is 1. The molecule has 1 aromatic rings. The van der Waals surface area contributed by atoms with Gasteiger partial charge in [0.15, 0.2) is 11.6 Å². The van der Waals surface area contributed by atoms with Crippen molar-refractivity contribution in [3.63, 3.8) is 0 Å². The number of benzene rings is 1. The summed E-state index contributed by atoms with van der Waals surface area (Å²) >= 11 is 0. The summed E-state index contributed by atoms with van der Waals surface area (Å²) in [5.74, 6) is -2.66. The van der Waals surface area contributed by atoms with Gasteiger partial charge in [-0.2, -0.15) is 5.26 Å². The molecule has 19 heavy (non-hydrogen) atoms. The maximum absolute atomic E-state index is 13.8. The monoisotopic (exact) mass is 266 g/mol. The lowest BCUT2D eigenvalue weighted by molar-refractivity contribution is -0.146. The highest BCUT2D eigenvalue weighted by Gasteiger charge is 2.41. The van der Waals surface area contributed by atoms with Crippen LogP contribution in [0.2, 0.25) is 0 Å². The van der Waals surface area contributed by atoms with Crippen LogP contribution in [0.15, 0.2) is 12.1 Å². The molecule has 1 aliphatic heterocycles. The number of nitrogens with zero attached hydrogens (tertiary/aromatic N) is 2. The molecule has 1 aromatic carbocycles. The van der Waals surface area contributed by atoms with E-state index >= 15 is 0 Å². The average molecular weight is 266 g/mol. The Labute approximate surface area is 108 Å². The number of halogens is 2. The topological polar surface area (TPSA) is 64.3 Å². The van der Waals surface area contributed by atoms with Gasteiger partial charge in [-0.1, -0.05) is 0 Å². The molecule has 0 aromatic heterocycles. The van der Waals surface area contributed by atoms with E-state index in [0.29, 0.717) is 6.42 Å². The van der Waals surface area contributed by atoms with Crippen LogP contribution >= 0.6 is 0 Å². The number of nitriles is 1. The Morgan fingerprint density at radius 1 is 1.47 bits per heavy atom. The van der Waals surface area contributed by atoms with Crippen LogP contribution in [0.25, 0.3) is 0 Å². The van der Waals surface area contributed by atoms with E-state index in [1.54, 1.807) is 13.0 Å². The SMILES string of the molecule is CC1(C(=O)O)CCN(c2c(F)cc(C#N)cc2F)C1. The Morgan fingerprint density at radius 2 is 2.05 bits per heavy atom. The number of hydrogen-bond acceptors (Lipinski definition) is 3. The normalized spacial score (nSPS) is 22.3. The highest BCUT2D eigenvalue weighted by molar-refractivity contribution is 5.76. The Morgan fingerprint density at radius 3 is 2.47 bits per heavy atom. The van der Waals surface area contributed by atoms with Crippen molar-refractivity contribution in [1.82, 2.24) is 0 Å². The fourth-order valence-electron chi connectivity index (χ4n) is 2.26. The van der Waals surface area contributed by atoms with Crippen molar-refractivity contribution in [2.45, 2.75) is 13.3 Å². The molecule has 1 unspecified atom stereocenters. The number of rotatable bonds is 2. The molecule has 1 heterocycles. The van der Waals surface area contributed by atoms with Crippen molar-refractivity contribution in [2.24, 2.45) is 5.41 Å². The van der Waals surface area contributed by atoms with Crippen LogP contribution < -0.4 is 4.90 Å². The van der Waals surface area contributed by atoms with Crippen LogP contribution in [-0.2, 0) is 4.79 Å². The maximum Gasteiger partial charge on any atom is 0.311 e. The van der Waals surface area contributed by atoms with Crippen molar-refractivity contribution in [3.05, 3.63) is 29.3 Å². The van der Waals surface area contributed by atoms with Crippen LogP contribution in [0.5, 0.6) is 0 Å². The van der Waals surface area contributed by atoms with Gasteiger partial charge in [0.1, 0.15) is 5.69 Å². The summed E-state index contributed by atoms with van der Waals surface area (Å²) in [5, 5.41) is 17.7. The Balaban J connectivity index is 2.35. The number of carboxylic acid groups (broad SMARTS) is 1. The van der Waals surface area contributed by atoms with Crippen molar-refractivity contribution < 1.29 is 18.7 Å². The standard InChI is InChI=1S/C13H12F2N2O2/c1-13(12(18)19)2-3-17(7-13)11-9(14)4-8(6-16)5-10(11)15/h4-5H,2-3,7H2,1H3,(H,18,19). The minimum absolute atomic E-state index is 0.0437. The van der Waals surface area contributed by atoms with Gasteiger partial charge in [-0.3, -0.25) is 4.79 Å². The lowest BCUT2D eigenvalue weighted by Crippen LogP contribution is -2.32. The summed E-state index contributed by atoms with van der Waals surface area (Å²) < 4.78 is 27.6. The summed E-state index contributed by atoms with van der Waals surface area (Å²) in [4.78, 5) is 12.5. The van der Waals surface area contributed by atoms with Crippen molar-refractivity contribution in [3.8, 4) is 6.07 Å². The zero-order valence-corrected chi connectivity index (χ0v) is 10.3. The van der Waals surface area contributed by atoms with Crippen LogP contribution in [0, 0.1) is 28.4 Å². The highest BCUT2D eigenvalue weighted by Crippen LogP contribution is 2.36. The predicted octanol–water partition coefficient (Wildman–Crippen LogP) is 2.14. The van der Waals surface area contributed by atoms with Gasteiger partial charge in [0, 0.05) is 13.1 Å². The fraction of sp³-hybridized carbons (Fsp3) is 0.385. The van der Waals surface area contributed by atoms with Gasteiger partial charge in [0.05, 0.1) is 17.0 Å². The first-order valence-electron chi connectivity index (χ1n) is 5.75. The molecule has 6 heteroatoms. The average Bonchev–Trinajstić information content (AvgIpc) is 2.72. The molecule has 4 nitrogen and oxygen atoms in total. The second kappa shape index (κ2) is 4.50. The molecule has 0 aliphatic carbocycles. The molecule has 0 radical (unpaired) electrons. The molecule has 1 atom stereocenters. The van der Waals surface area contributed by atoms with Crippen molar-refractivity contribution in [2.75, 3.05) is 18.0 Å². The molecule has 1 aliphatic rings. The summed E-state index contributed by atoms with van der Waals surface area (Å²) in [6, 6.07) is 3.57. The van der Waals surface area contributed by atoms with Gasteiger partial charge < -0.3 is 10.0 Å². The van der Waals surface area contributed by atoms with E-state index in [0.717, 1.165) is 12.1 Å². The molecule has 1 fully saturated rings. The number of anilines is 1. The van der Waals surface area contributed by atoms with E-state index < -0.39 is 23.0 Å². The first kappa shape index (κ1) is 13.3. The molecule has 1 saturated heterocycles.